The van der Waals surface area contributed by atoms with Crippen molar-refractivity contribution < 1.29 is 9.72 Å². The molecule has 2 aromatic rings. The largest absolute Gasteiger partial charge is 0.356 e. The monoisotopic (exact) mass is 359 g/mol. The van der Waals surface area contributed by atoms with E-state index in [0.717, 1.165) is 31.7 Å². The van der Waals surface area contributed by atoms with Crippen LogP contribution in [-0.4, -0.2) is 39.6 Å². The maximum absolute atomic E-state index is 12.1. The third-order valence-corrected chi connectivity index (χ3v) is 4.71. The quantitative estimate of drug-likeness (QED) is 0.366. The van der Waals surface area contributed by atoms with Crippen molar-refractivity contribution in [3.05, 3.63) is 46.8 Å². The molecule has 9 heteroatoms. The van der Waals surface area contributed by atoms with Crippen LogP contribution in [0.2, 0.25) is 0 Å². The molecular formula is C16H17N5O3S. The average molecular weight is 359 g/mol. The van der Waals surface area contributed by atoms with Crippen molar-refractivity contribution in [3.8, 4) is 0 Å². The maximum Gasteiger partial charge on any atom is 0.292 e. The highest BCUT2D eigenvalue weighted by molar-refractivity contribution is 7.99. The molecule has 1 aromatic heterocycles. The van der Waals surface area contributed by atoms with Crippen LogP contribution in [0, 0.1) is 10.1 Å². The molecule has 130 valence electrons. The summed E-state index contributed by atoms with van der Waals surface area (Å²) in [5, 5.41) is 14.3. The number of nitro benzene ring substituents is 1. The highest BCUT2D eigenvalue weighted by atomic mass is 32.2. The molecule has 3 rings (SSSR count). The van der Waals surface area contributed by atoms with E-state index in [1.54, 1.807) is 12.1 Å². The Morgan fingerprint density at radius 2 is 2.04 bits per heavy atom. The van der Waals surface area contributed by atoms with Crippen LogP contribution in [0.5, 0.6) is 0 Å². The summed E-state index contributed by atoms with van der Waals surface area (Å²) >= 11 is 1.28. The predicted molar refractivity (Wildman–Crippen MR) is 95.9 cm³/mol. The van der Waals surface area contributed by atoms with E-state index in [4.69, 9.17) is 0 Å². The summed E-state index contributed by atoms with van der Waals surface area (Å²) in [5.41, 5.74) is 0.0674. The minimum atomic E-state index is -0.518. The number of para-hydroxylation sites is 2. The van der Waals surface area contributed by atoms with Gasteiger partial charge in [-0.1, -0.05) is 23.9 Å². The highest BCUT2D eigenvalue weighted by Gasteiger charge is 2.16. The Labute approximate surface area is 148 Å². The van der Waals surface area contributed by atoms with Crippen LogP contribution in [0.4, 0.5) is 17.2 Å². The van der Waals surface area contributed by atoms with Gasteiger partial charge in [0.15, 0.2) is 0 Å². The molecule has 25 heavy (non-hydrogen) atoms. The summed E-state index contributed by atoms with van der Waals surface area (Å²) in [6, 6.07) is 7.94. The van der Waals surface area contributed by atoms with Gasteiger partial charge in [-0.25, -0.2) is 9.97 Å². The number of thioether (sulfide) groups is 1. The second-order valence-corrected chi connectivity index (χ2v) is 6.52. The van der Waals surface area contributed by atoms with Gasteiger partial charge in [0.25, 0.3) is 5.69 Å². The molecule has 1 amide bonds. The number of anilines is 2. The van der Waals surface area contributed by atoms with Gasteiger partial charge in [-0.3, -0.25) is 14.9 Å². The summed E-state index contributed by atoms with van der Waals surface area (Å²) in [5.74, 6) is 0.664. The van der Waals surface area contributed by atoms with E-state index in [9.17, 15) is 14.9 Å². The number of carbonyl (C=O) groups excluding carboxylic acids is 1. The van der Waals surface area contributed by atoms with Crippen LogP contribution in [0.25, 0.3) is 0 Å². The molecule has 1 saturated heterocycles. The first-order chi connectivity index (χ1) is 12.1. The van der Waals surface area contributed by atoms with Gasteiger partial charge in [0.1, 0.15) is 22.9 Å². The van der Waals surface area contributed by atoms with Gasteiger partial charge in [-0.2, -0.15) is 0 Å². The number of nitrogens with zero attached hydrogens (tertiary/aromatic N) is 4. The molecule has 2 heterocycles. The van der Waals surface area contributed by atoms with E-state index in [-0.39, 0.29) is 23.0 Å². The lowest BCUT2D eigenvalue weighted by Crippen LogP contribution is -2.19. The Morgan fingerprint density at radius 1 is 1.28 bits per heavy atom. The van der Waals surface area contributed by atoms with E-state index < -0.39 is 4.92 Å². The van der Waals surface area contributed by atoms with Crippen molar-refractivity contribution >= 4 is 34.9 Å². The van der Waals surface area contributed by atoms with Gasteiger partial charge >= 0.3 is 0 Å². The SMILES string of the molecule is O=C(CSc1cc(N2CCCC2)ncn1)Nc1ccccc1[N+](=O)[O-]. The molecular weight excluding hydrogens is 342 g/mol. The molecule has 0 spiro atoms. The first kappa shape index (κ1) is 17.2. The fourth-order valence-corrected chi connectivity index (χ4v) is 3.25. The third-order valence-electron chi connectivity index (χ3n) is 3.78. The van der Waals surface area contributed by atoms with Gasteiger partial charge in [-0.05, 0) is 18.9 Å². The van der Waals surface area contributed by atoms with Crippen molar-refractivity contribution in [3.63, 3.8) is 0 Å². The summed E-state index contributed by atoms with van der Waals surface area (Å²) in [7, 11) is 0. The number of hydrogen-bond donors (Lipinski definition) is 1. The number of nitrogens with one attached hydrogen (secondary N) is 1. The van der Waals surface area contributed by atoms with Gasteiger partial charge < -0.3 is 10.2 Å². The van der Waals surface area contributed by atoms with E-state index in [0.29, 0.717) is 5.03 Å². The standard InChI is InChI=1S/C16H17N5O3S/c22-15(19-12-5-1-2-6-13(12)21(23)24)10-25-16-9-14(17-11-18-16)20-7-3-4-8-20/h1-2,5-6,9,11H,3-4,7-8,10H2,(H,19,22). The molecule has 0 unspecified atom stereocenters. The molecule has 0 saturated carbocycles. The molecule has 1 aliphatic heterocycles. The van der Waals surface area contributed by atoms with Gasteiger partial charge in [0, 0.05) is 25.2 Å². The second-order valence-electron chi connectivity index (χ2n) is 5.52. The van der Waals surface area contributed by atoms with Crippen molar-refractivity contribution in [1.82, 2.24) is 9.97 Å². The predicted octanol–water partition coefficient (Wildman–Crippen LogP) is 2.72. The molecule has 1 fully saturated rings. The van der Waals surface area contributed by atoms with Gasteiger partial charge in [0.05, 0.1) is 10.7 Å². The molecule has 1 N–H and O–H groups in total. The minimum absolute atomic E-state index is 0.114. The van der Waals surface area contributed by atoms with Crippen LogP contribution in [-0.2, 0) is 4.79 Å². The summed E-state index contributed by atoms with van der Waals surface area (Å²) < 4.78 is 0. The molecule has 0 bridgehead atoms. The summed E-state index contributed by atoms with van der Waals surface area (Å²) in [6.45, 7) is 1.97. The number of nitro groups is 1. The maximum atomic E-state index is 12.1. The smallest absolute Gasteiger partial charge is 0.292 e. The summed E-state index contributed by atoms with van der Waals surface area (Å²) in [6.07, 6.45) is 3.81. The van der Waals surface area contributed by atoms with Crippen LogP contribution in [0.15, 0.2) is 41.7 Å². The van der Waals surface area contributed by atoms with Gasteiger partial charge in [-0.15, -0.1) is 0 Å². The molecule has 0 atom stereocenters. The van der Waals surface area contributed by atoms with E-state index in [1.807, 2.05) is 6.07 Å². The lowest BCUT2D eigenvalue weighted by atomic mass is 10.2. The van der Waals surface area contributed by atoms with Crippen LogP contribution < -0.4 is 10.2 Å². The van der Waals surface area contributed by atoms with Crippen LogP contribution >= 0.6 is 11.8 Å². The topological polar surface area (TPSA) is 101 Å². The Morgan fingerprint density at radius 3 is 2.80 bits per heavy atom. The first-order valence-electron chi connectivity index (χ1n) is 7.86. The zero-order valence-corrected chi connectivity index (χ0v) is 14.2. The zero-order chi connectivity index (χ0) is 17.6. The van der Waals surface area contributed by atoms with E-state index in [2.05, 4.69) is 20.2 Å². The Bertz CT molecular complexity index is 780. The summed E-state index contributed by atoms with van der Waals surface area (Å²) in [4.78, 5) is 33.2. The van der Waals surface area contributed by atoms with Gasteiger partial charge in [0.2, 0.25) is 5.91 Å². The Balaban J connectivity index is 1.59. The minimum Gasteiger partial charge on any atom is -0.356 e. The number of amides is 1. The normalized spacial score (nSPS) is 13.7. The number of hydrogen-bond acceptors (Lipinski definition) is 7. The molecule has 0 radical (unpaired) electrons. The van der Waals surface area contributed by atoms with Crippen LogP contribution in [0.1, 0.15) is 12.8 Å². The van der Waals surface area contributed by atoms with E-state index >= 15 is 0 Å². The lowest BCUT2D eigenvalue weighted by Gasteiger charge is -2.16. The number of aromatic nitrogens is 2. The van der Waals surface area contributed by atoms with Crippen molar-refractivity contribution in [2.45, 2.75) is 17.9 Å². The lowest BCUT2D eigenvalue weighted by molar-refractivity contribution is -0.383. The average Bonchev–Trinajstić information content (AvgIpc) is 3.15. The Kier molecular flexibility index (Phi) is 5.44. The molecule has 1 aromatic carbocycles. The highest BCUT2D eigenvalue weighted by Crippen LogP contribution is 2.25. The number of carbonyl (C=O) groups is 1. The third kappa shape index (κ3) is 4.44. The number of rotatable bonds is 6. The van der Waals surface area contributed by atoms with Crippen molar-refractivity contribution in [2.75, 3.05) is 29.1 Å². The molecule has 0 aliphatic carbocycles. The van der Waals surface area contributed by atoms with Crippen molar-refractivity contribution in [1.29, 1.82) is 0 Å². The molecule has 8 nitrogen and oxygen atoms in total. The van der Waals surface area contributed by atoms with Crippen molar-refractivity contribution in [2.24, 2.45) is 0 Å². The first-order valence-corrected chi connectivity index (χ1v) is 8.85. The number of benzene rings is 1. The molecule has 1 aliphatic rings. The Hall–Kier alpha value is -2.68. The fourth-order valence-electron chi connectivity index (χ4n) is 2.59. The zero-order valence-electron chi connectivity index (χ0n) is 13.4. The van der Waals surface area contributed by atoms with E-state index in [1.165, 1.54) is 30.2 Å². The fraction of sp³-hybridized carbons (Fsp3) is 0.312. The second kappa shape index (κ2) is 7.93. The van der Waals surface area contributed by atoms with Crippen LogP contribution in [0.3, 0.4) is 0 Å².